The second-order valence-corrected chi connectivity index (χ2v) is 11.8. The summed E-state index contributed by atoms with van der Waals surface area (Å²) in [5, 5.41) is 7.27. The summed E-state index contributed by atoms with van der Waals surface area (Å²) in [6.07, 6.45) is 0. The van der Waals surface area contributed by atoms with Crippen LogP contribution in [0.25, 0.3) is 93.5 Å². The van der Waals surface area contributed by atoms with Crippen molar-refractivity contribution in [1.82, 2.24) is 9.55 Å². The molecule has 0 fully saturated rings. The van der Waals surface area contributed by atoms with Gasteiger partial charge in [-0.1, -0.05) is 109 Å². The molecule has 3 aromatic heterocycles. The third-order valence-electron chi connectivity index (χ3n) is 9.34. The van der Waals surface area contributed by atoms with Gasteiger partial charge in [0.1, 0.15) is 11.2 Å². The highest BCUT2D eigenvalue weighted by atomic mass is 16.3. The van der Waals surface area contributed by atoms with E-state index in [1.165, 1.54) is 43.7 Å². The number of hydrogen-bond acceptors (Lipinski definition) is 1. The lowest BCUT2D eigenvalue weighted by Gasteiger charge is -2.09. The fourth-order valence-electron chi connectivity index (χ4n) is 7.32. The van der Waals surface area contributed by atoms with Crippen LogP contribution in [-0.2, 0) is 0 Å². The molecular formula is C42H26N2O. The quantitative estimate of drug-likeness (QED) is 0.224. The molecule has 3 heterocycles. The van der Waals surface area contributed by atoms with E-state index in [0.717, 1.165) is 49.8 Å². The third kappa shape index (κ3) is 3.52. The van der Waals surface area contributed by atoms with Crippen LogP contribution >= 0.6 is 0 Å². The topological polar surface area (TPSA) is 33.9 Å². The number of furan rings is 1. The molecule has 0 spiro atoms. The second kappa shape index (κ2) is 9.22. The van der Waals surface area contributed by atoms with E-state index in [1.54, 1.807) is 0 Å². The Kier molecular flexibility index (Phi) is 5.00. The highest BCUT2D eigenvalue weighted by Crippen LogP contribution is 2.40. The van der Waals surface area contributed by atoms with Crippen LogP contribution in [0.1, 0.15) is 0 Å². The van der Waals surface area contributed by atoms with Crippen LogP contribution < -0.4 is 0 Å². The highest BCUT2D eigenvalue weighted by Gasteiger charge is 2.16. The Morgan fingerprint density at radius 3 is 1.87 bits per heavy atom. The number of fused-ring (bicyclic) bond motifs is 9. The lowest BCUT2D eigenvalue weighted by atomic mass is 9.96. The average Bonchev–Trinajstić information content (AvgIpc) is 3.77. The molecule has 1 N–H and O–H groups in total. The molecule has 3 heteroatoms. The lowest BCUT2D eigenvalue weighted by molar-refractivity contribution is 0.670. The van der Waals surface area contributed by atoms with Crippen molar-refractivity contribution in [3.63, 3.8) is 0 Å². The fraction of sp³-hybridized carbons (Fsp3) is 0. The predicted molar refractivity (Wildman–Crippen MR) is 188 cm³/mol. The van der Waals surface area contributed by atoms with Crippen molar-refractivity contribution >= 4 is 65.6 Å². The Bertz CT molecular complexity index is 2720. The van der Waals surface area contributed by atoms with E-state index < -0.39 is 0 Å². The van der Waals surface area contributed by atoms with Crippen LogP contribution in [0, 0.1) is 0 Å². The van der Waals surface area contributed by atoms with E-state index in [-0.39, 0.29) is 0 Å². The minimum Gasteiger partial charge on any atom is -0.455 e. The molecule has 0 amide bonds. The Morgan fingerprint density at radius 2 is 1.07 bits per heavy atom. The van der Waals surface area contributed by atoms with Gasteiger partial charge in [0, 0.05) is 54.6 Å². The van der Waals surface area contributed by atoms with E-state index in [0.29, 0.717) is 0 Å². The minimum absolute atomic E-state index is 0.916. The second-order valence-electron chi connectivity index (χ2n) is 11.8. The van der Waals surface area contributed by atoms with Gasteiger partial charge in [0.15, 0.2) is 0 Å². The number of hydrogen-bond donors (Lipinski definition) is 1. The van der Waals surface area contributed by atoms with Crippen LogP contribution in [0.15, 0.2) is 156 Å². The molecule has 0 atom stereocenters. The van der Waals surface area contributed by atoms with Gasteiger partial charge in [0.25, 0.3) is 0 Å². The van der Waals surface area contributed by atoms with Crippen molar-refractivity contribution in [3.8, 4) is 27.9 Å². The number of aromatic amines is 1. The molecule has 10 aromatic rings. The SMILES string of the molecule is c1cc(-c2cccc3c2[nH]c2ccc(-n4c5ccccc5c5ccccc54)cc23)cc(-c2cccc3c2oc2ccccc23)c1. The summed E-state index contributed by atoms with van der Waals surface area (Å²) in [7, 11) is 0. The first-order chi connectivity index (χ1) is 22.3. The van der Waals surface area contributed by atoms with E-state index in [9.17, 15) is 0 Å². The summed E-state index contributed by atoms with van der Waals surface area (Å²) < 4.78 is 8.76. The molecule has 0 saturated heterocycles. The van der Waals surface area contributed by atoms with Gasteiger partial charge >= 0.3 is 0 Å². The molecule has 0 unspecified atom stereocenters. The van der Waals surface area contributed by atoms with Gasteiger partial charge in [-0.15, -0.1) is 0 Å². The number of H-pyrrole nitrogens is 1. The van der Waals surface area contributed by atoms with Crippen LogP contribution in [0.2, 0.25) is 0 Å². The van der Waals surface area contributed by atoms with E-state index >= 15 is 0 Å². The highest BCUT2D eigenvalue weighted by molar-refractivity contribution is 6.14. The molecular weight excluding hydrogens is 548 g/mol. The number of benzene rings is 7. The summed E-state index contributed by atoms with van der Waals surface area (Å²) >= 11 is 0. The lowest BCUT2D eigenvalue weighted by Crippen LogP contribution is -1.93. The Hall–Kier alpha value is -6.06. The van der Waals surface area contributed by atoms with Crippen molar-refractivity contribution in [2.45, 2.75) is 0 Å². The maximum Gasteiger partial charge on any atom is 0.143 e. The van der Waals surface area contributed by atoms with E-state index in [2.05, 4.69) is 149 Å². The van der Waals surface area contributed by atoms with Crippen LogP contribution in [-0.4, -0.2) is 9.55 Å². The Morgan fingerprint density at radius 1 is 0.444 bits per heavy atom. The van der Waals surface area contributed by atoms with Gasteiger partial charge in [0.2, 0.25) is 0 Å². The number of para-hydroxylation sites is 5. The van der Waals surface area contributed by atoms with Gasteiger partial charge < -0.3 is 14.0 Å². The molecule has 0 bridgehead atoms. The maximum atomic E-state index is 6.38. The van der Waals surface area contributed by atoms with Gasteiger partial charge in [-0.05, 0) is 53.6 Å². The molecule has 10 rings (SSSR count). The molecule has 7 aromatic carbocycles. The standard InChI is InChI=1S/C42H26N2O/c1-4-19-38-31(12-1)32-13-2-5-20-39(32)44(38)28-22-23-37-36(25-28)34-17-8-15-29(41(34)43-37)26-10-7-11-27(24-26)30-16-9-18-35-33-14-3-6-21-40(33)45-42(30)35/h1-25,43H. The van der Waals surface area contributed by atoms with Gasteiger partial charge in [-0.2, -0.15) is 0 Å². The van der Waals surface area contributed by atoms with Crippen molar-refractivity contribution in [2.75, 3.05) is 0 Å². The van der Waals surface area contributed by atoms with Crippen LogP contribution in [0.4, 0.5) is 0 Å². The van der Waals surface area contributed by atoms with Crippen molar-refractivity contribution < 1.29 is 4.42 Å². The smallest absolute Gasteiger partial charge is 0.143 e. The van der Waals surface area contributed by atoms with Gasteiger partial charge in [0.05, 0.1) is 16.6 Å². The summed E-state index contributed by atoms with van der Waals surface area (Å²) in [6.45, 7) is 0. The average molecular weight is 575 g/mol. The van der Waals surface area contributed by atoms with Crippen molar-refractivity contribution in [2.24, 2.45) is 0 Å². The van der Waals surface area contributed by atoms with Crippen molar-refractivity contribution in [1.29, 1.82) is 0 Å². The fourth-order valence-corrected chi connectivity index (χ4v) is 7.32. The molecule has 0 saturated carbocycles. The normalized spacial score (nSPS) is 12.0. The Balaban J connectivity index is 1.14. The molecule has 45 heavy (non-hydrogen) atoms. The number of aromatic nitrogens is 2. The number of rotatable bonds is 3. The zero-order chi connectivity index (χ0) is 29.5. The summed E-state index contributed by atoms with van der Waals surface area (Å²) in [6, 6.07) is 54.2. The first-order valence-electron chi connectivity index (χ1n) is 15.4. The van der Waals surface area contributed by atoms with Crippen LogP contribution in [0.3, 0.4) is 0 Å². The first-order valence-corrected chi connectivity index (χ1v) is 15.4. The molecule has 0 aliphatic carbocycles. The molecule has 0 aliphatic rings. The summed E-state index contributed by atoms with van der Waals surface area (Å²) in [5.74, 6) is 0. The van der Waals surface area contributed by atoms with Gasteiger partial charge in [-0.25, -0.2) is 0 Å². The Labute approximate surface area is 258 Å². The third-order valence-corrected chi connectivity index (χ3v) is 9.34. The predicted octanol–water partition coefficient (Wildman–Crippen LogP) is 11.7. The monoisotopic (exact) mass is 574 g/mol. The number of nitrogens with one attached hydrogen (secondary N) is 1. The largest absolute Gasteiger partial charge is 0.455 e. The minimum atomic E-state index is 0.916. The van der Waals surface area contributed by atoms with Gasteiger partial charge in [-0.3, -0.25) is 0 Å². The molecule has 3 nitrogen and oxygen atoms in total. The zero-order valence-electron chi connectivity index (χ0n) is 24.3. The molecule has 0 aliphatic heterocycles. The first kappa shape index (κ1) is 24.4. The zero-order valence-corrected chi connectivity index (χ0v) is 24.3. The van der Waals surface area contributed by atoms with Crippen LogP contribution in [0.5, 0.6) is 0 Å². The molecule has 210 valence electrons. The van der Waals surface area contributed by atoms with E-state index in [1.807, 2.05) is 12.1 Å². The maximum absolute atomic E-state index is 6.38. The van der Waals surface area contributed by atoms with Crippen molar-refractivity contribution in [3.05, 3.63) is 152 Å². The summed E-state index contributed by atoms with van der Waals surface area (Å²) in [5.41, 5.74) is 12.3. The van der Waals surface area contributed by atoms with E-state index in [4.69, 9.17) is 4.42 Å². The number of nitrogens with zero attached hydrogens (tertiary/aromatic N) is 1. The molecule has 0 radical (unpaired) electrons. The summed E-state index contributed by atoms with van der Waals surface area (Å²) in [4.78, 5) is 3.77.